The average Bonchev–Trinajstić information content (AvgIpc) is 2.33. The Bertz CT molecular complexity index is 647. The quantitative estimate of drug-likeness (QED) is 0.713. The third-order valence-corrected chi connectivity index (χ3v) is 3.83. The first-order valence-electron chi connectivity index (χ1n) is 5.40. The number of carbonyl (C=O) groups is 1. The number of rotatable bonds is 3. The number of benzene rings is 1. The molecule has 0 aliphatic rings. The predicted octanol–water partition coefficient (Wildman–Crippen LogP) is 4.20. The molecule has 0 spiro atoms. The summed E-state index contributed by atoms with van der Waals surface area (Å²) >= 11 is 5.61. The fourth-order valence-electron chi connectivity index (χ4n) is 1.59. The van der Waals surface area contributed by atoms with Gasteiger partial charge in [-0.25, -0.2) is 9.78 Å². The predicted molar refractivity (Wildman–Crippen MR) is 86.1 cm³/mol. The van der Waals surface area contributed by atoms with Crippen LogP contribution in [0.2, 0.25) is 0 Å². The van der Waals surface area contributed by atoms with Crippen LogP contribution >= 0.6 is 38.5 Å². The molecule has 4 nitrogen and oxygen atoms in total. The number of anilines is 2. The molecule has 0 bridgehead atoms. The van der Waals surface area contributed by atoms with Crippen LogP contribution in [0.15, 0.2) is 34.8 Å². The van der Waals surface area contributed by atoms with E-state index in [0.29, 0.717) is 11.5 Å². The first-order valence-corrected chi connectivity index (χ1v) is 7.27. The third kappa shape index (κ3) is 3.66. The van der Waals surface area contributed by atoms with Gasteiger partial charge in [0.2, 0.25) is 0 Å². The second kappa shape index (κ2) is 5.87. The highest BCUT2D eigenvalue weighted by molar-refractivity contribution is 14.1. The molecular weight excluding hydrogens is 423 g/mol. The monoisotopic (exact) mass is 432 g/mol. The van der Waals surface area contributed by atoms with Crippen LogP contribution in [0.25, 0.3) is 0 Å². The lowest BCUT2D eigenvalue weighted by molar-refractivity contribution is 0.0696. The number of aryl methyl sites for hydroxylation is 1. The van der Waals surface area contributed by atoms with Crippen molar-refractivity contribution in [3.8, 4) is 0 Å². The van der Waals surface area contributed by atoms with Gasteiger partial charge in [-0.2, -0.15) is 0 Å². The van der Waals surface area contributed by atoms with Crippen molar-refractivity contribution in [2.24, 2.45) is 0 Å². The zero-order valence-electron chi connectivity index (χ0n) is 9.95. The van der Waals surface area contributed by atoms with Gasteiger partial charge in [0.1, 0.15) is 5.82 Å². The number of hydrogen-bond donors (Lipinski definition) is 2. The molecule has 6 heteroatoms. The molecule has 0 fully saturated rings. The molecule has 1 heterocycles. The van der Waals surface area contributed by atoms with Gasteiger partial charge in [-0.05, 0) is 59.8 Å². The zero-order valence-corrected chi connectivity index (χ0v) is 13.7. The minimum atomic E-state index is -0.961. The fourth-order valence-corrected chi connectivity index (χ4v) is 2.42. The van der Waals surface area contributed by atoms with Crippen molar-refractivity contribution in [3.05, 3.63) is 49.6 Å². The minimum Gasteiger partial charge on any atom is -0.478 e. The number of aromatic nitrogens is 1. The van der Waals surface area contributed by atoms with E-state index in [2.05, 4.69) is 48.8 Å². The van der Waals surface area contributed by atoms with Crippen LogP contribution in [0.3, 0.4) is 0 Å². The smallest absolute Gasteiger partial charge is 0.335 e. The minimum absolute atomic E-state index is 0.222. The summed E-state index contributed by atoms with van der Waals surface area (Å²) in [6, 6.07) is 8.89. The molecule has 0 aliphatic heterocycles. The van der Waals surface area contributed by atoms with Crippen LogP contribution in [0, 0.1) is 10.5 Å². The van der Waals surface area contributed by atoms with Crippen molar-refractivity contribution in [1.29, 1.82) is 0 Å². The number of aromatic carboxylic acids is 1. The van der Waals surface area contributed by atoms with Crippen LogP contribution in [0.1, 0.15) is 16.1 Å². The summed E-state index contributed by atoms with van der Waals surface area (Å²) in [5.74, 6) is -0.439. The molecule has 2 aromatic rings. The molecule has 0 unspecified atom stereocenters. The molecule has 2 N–H and O–H groups in total. The van der Waals surface area contributed by atoms with Gasteiger partial charge >= 0.3 is 5.97 Å². The Morgan fingerprint density at radius 2 is 2.11 bits per heavy atom. The van der Waals surface area contributed by atoms with Gasteiger partial charge < -0.3 is 10.4 Å². The van der Waals surface area contributed by atoms with Crippen LogP contribution in [0.5, 0.6) is 0 Å². The van der Waals surface area contributed by atoms with Crippen LogP contribution in [-0.4, -0.2) is 16.1 Å². The Morgan fingerprint density at radius 1 is 1.37 bits per heavy atom. The molecule has 1 aromatic heterocycles. The molecule has 0 amide bonds. The molecule has 1 aromatic carbocycles. The maximum absolute atomic E-state index is 11.0. The molecule has 0 radical (unpaired) electrons. The van der Waals surface area contributed by atoms with E-state index < -0.39 is 5.97 Å². The number of pyridine rings is 1. The maximum Gasteiger partial charge on any atom is 0.335 e. The molecule has 0 aliphatic carbocycles. The summed E-state index contributed by atoms with van der Waals surface area (Å²) < 4.78 is 1.97. The number of halogens is 2. The number of nitrogens with one attached hydrogen (secondary N) is 1. The van der Waals surface area contributed by atoms with Crippen molar-refractivity contribution in [1.82, 2.24) is 4.98 Å². The summed E-state index contributed by atoms with van der Waals surface area (Å²) in [4.78, 5) is 15.3. The van der Waals surface area contributed by atoms with Crippen molar-refractivity contribution >= 4 is 56.0 Å². The van der Waals surface area contributed by atoms with Crippen molar-refractivity contribution in [3.63, 3.8) is 0 Å². The van der Waals surface area contributed by atoms with E-state index in [1.54, 1.807) is 13.0 Å². The van der Waals surface area contributed by atoms with Gasteiger partial charge in [-0.3, -0.25) is 0 Å². The number of nitrogens with zero attached hydrogens (tertiary/aromatic N) is 1. The standard InChI is InChI=1S/C13H10BrIN2O2/c1-7-4-8(13(18)19)5-12(16-7)17-11-6-9(14)2-3-10(11)15/h2-6H,1H3,(H,16,17)(H,18,19). The highest BCUT2D eigenvalue weighted by atomic mass is 127. The van der Waals surface area contributed by atoms with E-state index in [0.717, 1.165) is 13.7 Å². The Labute approximate surface area is 132 Å². The second-order valence-corrected chi connectivity index (χ2v) is 6.01. The van der Waals surface area contributed by atoms with E-state index in [-0.39, 0.29) is 5.56 Å². The fraction of sp³-hybridized carbons (Fsp3) is 0.0769. The third-order valence-electron chi connectivity index (χ3n) is 2.39. The summed E-state index contributed by atoms with van der Waals surface area (Å²) in [5, 5.41) is 12.2. The van der Waals surface area contributed by atoms with Crippen LogP contribution in [-0.2, 0) is 0 Å². The van der Waals surface area contributed by atoms with Crippen LogP contribution in [0.4, 0.5) is 11.5 Å². The molecule has 0 saturated heterocycles. The first kappa shape index (κ1) is 14.3. The summed E-state index contributed by atoms with van der Waals surface area (Å²) in [5.41, 5.74) is 1.76. The van der Waals surface area contributed by atoms with E-state index in [1.807, 2.05) is 18.2 Å². The number of carboxylic acids is 1. The summed E-state index contributed by atoms with van der Waals surface area (Å²) in [6.45, 7) is 1.77. The van der Waals surface area contributed by atoms with Crippen LogP contribution < -0.4 is 5.32 Å². The SMILES string of the molecule is Cc1cc(C(=O)O)cc(Nc2cc(Br)ccc2I)n1. The Kier molecular flexibility index (Phi) is 4.41. The molecule has 98 valence electrons. The Hall–Kier alpha value is -1.15. The van der Waals surface area contributed by atoms with Gasteiger partial charge in [0.15, 0.2) is 0 Å². The number of hydrogen-bond acceptors (Lipinski definition) is 3. The van der Waals surface area contributed by atoms with E-state index >= 15 is 0 Å². The lowest BCUT2D eigenvalue weighted by Gasteiger charge is -2.10. The largest absolute Gasteiger partial charge is 0.478 e. The topological polar surface area (TPSA) is 62.2 Å². The molecule has 2 rings (SSSR count). The van der Waals surface area contributed by atoms with E-state index in [4.69, 9.17) is 5.11 Å². The molecular formula is C13H10BrIN2O2. The van der Waals surface area contributed by atoms with Crippen molar-refractivity contribution < 1.29 is 9.90 Å². The second-order valence-electron chi connectivity index (χ2n) is 3.94. The normalized spacial score (nSPS) is 10.3. The highest BCUT2D eigenvalue weighted by Crippen LogP contribution is 2.26. The Morgan fingerprint density at radius 3 is 2.79 bits per heavy atom. The lowest BCUT2D eigenvalue weighted by atomic mass is 10.2. The first-order chi connectivity index (χ1) is 8.95. The highest BCUT2D eigenvalue weighted by Gasteiger charge is 2.08. The summed E-state index contributed by atoms with van der Waals surface area (Å²) in [7, 11) is 0. The molecule has 0 atom stereocenters. The van der Waals surface area contributed by atoms with Gasteiger partial charge in [0, 0.05) is 13.7 Å². The van der Waals surface area contributed by atoms with Gasteiger partial charge in [0.25, 0.3) is 0 Å². The average molecular weight is 433 g/mol. The molecule has 19 heavy (non-hydrogen) atoms. The van der Waals surface area contributed by atoms with E-state index in [9.17, 15) is 4.79 Å². The van der Waals surface area contributed by atoms with E-state index in [1.165, 1.54) is 6.07 Å². The number of carboxylic acid groups (broad SMARTS) is 1. The zero-order chi connectivity index (χ0) is 14.0. The Balaban J connectivity index is 2.38. The summed E-state index contributed by atoms with van der Waals surface area (Å²) in [6.07, 6.45) is 0. The van der Waals surface area contributed by atoms with Gasteiger partial charge in [0.05, 0.1) is 11.3 Å². The lowest BCUT2D eigenvalue weighted by Crippen LogP contribution is -2.02. The van der Waals surface area contributed by atoms with Gasteiger partial charge in [-0.15, -0.1) is 0 Å². The van der Waals surface area contributed by atoms with Crippen molar-refractivity contribution in [2.45, 2.75) is 6.92 Å². The van der Waals surface area contributed by atoms with Gasteiger partial charge in [-0.1, -0.05) is 15.9 Å². The van der Waals surface area contributed by atoms with Crippen molar-refractivity contribution in [2.75, 3.05) is 5.32 Å². The maximum atomic E-state index is 11.0. The molecule has 0 saturated carbocycles.